The molecule has 0 saturated heterocycles. The highest BCUT2D eigenvalue weighted by Crippen LogP contribution is 2.67. The Hall–Kier alpha value is -0.870. The van der Waals surface area contributed by atoms with Gasteiger partial charge in [-0.25, -0.2) is 4.79 Å². The summed E-state index contributed by atoms with van der Waals surface area (Å²) in [4.78, 5) is 10.2. The van der Waals surface area contributed by atoms with Gasteiger partial charge in [-0.3, -0.25) is 0 Å². The number of carboxylic acid groups (broad SMARTS) is 1. The number of allylic oxidation sites excluding steroid dienone is 1. The molecule has 37 heavy (non-hydrogen) atoms. The van der Waals surface area contributed by atoms with E-state index in [4.69, 9.17) is 10.2 Å². The Balaban J connectivity index is 0.000000364. The van der Waals surface area contributed by atoms with E-state index in [1.165, 1.54) is 64.7 Å². The van der Waals surface area contributed by atoms with Gasteiger partial charge in [-0.2, -0.15) is 0 Å². The van der Waals surface area contributed by atoms with Crippen molar-refractivity contribution in [2.75, 3.05) is 0 Å². The first kappa shape index (κ1) is 30.7. The third-order valence-corrected chi connectivity index (χ3v) is 11.5. The number of carbonyl (C=O) groups is 1. The predicted molar refractivity (Wildman–Crippen MR) is 152 cm³/mol. The van der Waals surface area contributed by atoms with Crippen LogP contribution in [-0.4, -0.2) is 33.0 Å². The van der Waals surface area contributed by atoms with Crippen molar-refractivity contribution in [1.29, 1.82) is 0 Å². The second-order valence-electron chi connectivity index (χ2n) is 14.5. The quantitative estimate of drug-likeness (QED) is 0.284. The maximum atomic E-state index is 10.2. The molecule has 4 aliphatic carbocycles. The zero-order chi connectivity index (χ0) is 27.6. The number of aliphatic hydroxyl groups excluding tert-OH is 1. The topological polar surface area (TPSA) is 77.8 Å². The van der Waals surface area contributed by atoms with Crippen molar-refractivity contribution in [3.63, 3.8) is 0 Å². The molecule has 4 aliphatic rings. The van der Waals surface area contributed by atoms with Crippen LogP contribution in [0.15, 0.2) is 11.6 Å². The van der Waals surface area contributed by atoms with Crippen molar-refractivity contribution < 1.29 is 20.1 Å². The van der Waals surface area contributed by atoms with Crippen LogP contribution in [0.3, 0.4) is 0 Å². The minimum absolute atomic E-state index is 0.0766. The van der Waals surface area contributed by atoms with Crippen LogP contribution in [0.4, 0.5) is 0 Å². The third-order valence-electron chi connectivity index (χ3n) is 11.5. The smallest absolute Gasteiger partial charge is 0.335 e. The standard InChI is InChI=1S/C27H46O.C6H12O3/c1-18(2)7-6-8-19(3)23-11-12-24-22-10-9-20-17-21(28)13-15-26(20,4)25(22)14-16-27(23,24)5;1-3-4-6(2,9)5(7)8/h9,18-19,21-25,28H,6-8,10-17H2,1-5H3;9H,3-4H2,1-2H3,(H,7,8)/t19-,21+,22+,23-,24+,25+,26+,27-;/m1./s1. The molecule has 1 unspecified atom stereocenters. The van der Waals surface area contributed by atoms with Crippen LogP contribution in [-0.2, 0) is 4.79 Å². The number of carboxylic acids is 1. The molecule has 0 radical (unpaired) electrons. The lowest BCUT2D eigenvalue weighted by atomic mass is 9.47. The Morgan fingerprint density at radius 2 is 1.78 bits per heavy atom. The van der Waals surface area contributed by atoms with Gasteiger partial charge in [0.25, 0.3) is 0 Å². The van der Waals surface area contributed by atoms with Crippen molar-refractivity contribution in [1.82, 2.24) is 0 Å². The molecule has 0 aromatic heterocycles. The summed E-state index contributed by atoms with van der Waals surface area (Å²) in [5, 5.41) is 27.5. The summed E-state index contributed by atoms with van der Waals surface area (Å²) in [6, 6.07) is 0. The summed E-state index contributed by atoms with van der Waals surface area (Å²) < 4.78 is 0. The Kier molecular flexibility index (Phi) is 10.0. The normalized spacial score (nSPS) is 39.3. The minimum atomic E-state index is -1.53. The average Bonchev–Trinajstić information content (AvgIpc) is 3.17. The number of hydrogen-bond acceptors (Lipinski definition) is 3. The number of rotatable bonds is 8. The summed E-state index contributed by atoms with van der Waals surface area (Å²) in [5.74, 6) is 4.31. The highest BCUT2D eigenvalue weighted by molar-refractivity contribution is 5.76. The first-order valence-corrected chi connectivity index (χ1v) is 15.6. The molecule has 4 heteroatoms. The number of fused-ring (bicyclic) bond motifs is 5. The Morgan fingerprint density at radius 3 is 2.38 bits per heavy atom. The summed E-state index contributed by atoms with van der Waals surface area (Å²) >= 11 is 0. The molecule has 3 saturated carbocycles. The Morgan fingerprint density at radius 1 is 1.08 bits per heavy atom. The highest BCUT2D eigenvalue weighted by Gasteiger charge is 2.59. The molecule has 0 aliphatic heterocycles. The number of aliphatic hydroxyl groups is 2. The van der Waals surface area contributed by atoms with Gasteiger partial charge >= 0.3 is 5.97 Å². The van der Waals surface area contributed by atoms with E-state index in [9.17, 15) is 9.90 Å². The van der Waals surface area contributed by atoms with E-state index < -0.39 is 11.6 Å². The second-order valence-corrected chi connectivity index (χ2v) is 14.5. The fourth-order valence-electron chi connectivity index (χ4n) is 9.26. The lowest BCUT2D eigenvalue weighted by molar-refractivity contribution is -0.157. The third kappa shape index (κ3) is 6.48. The van der Waals surface area contributed by atoms with Crippen LogP contribution < -0.4 is 0 Å². The molecule has 0 spiro atoms. The number of hydrogen-bond donors (Lipinski definition) is 3. The van der Waals surface area contributed by atoms with Gasteiger partial charge in [0, 0.05) is 0 Å². The van der Waals surface area contributed by atoms with E-state index in [0.717, 1.165) is 48.3 Å². The second kappa shape index (κ2) is 12.1. The van der Waals surface area contributed by atoms with Crippen LogP contribution in [0.5, 0.6) is 0 Å². The molecular weight excluding hydrogens is 460 g/mol. The van der Waals surface area contributed by atoms with Crippen molar-refractivity contribution >= 4 is 5.97 Å². The van der Waals surface area contributed by atoms with Gasteiger partial charge in [-0.05, 0) is 111 Å². The zero-order valence-corrected chi connectivity index (χ0v) is 25.1. The fraction of sp³-hybridized carbons (Fsp3) is 0.909. The summed E-state index contributed by atoms with van der Waals surface area (Å²) in [6.45, 7) is 15.7. The minimum Gasteiger partial charge on any atom is -0.479 e. The lowest BCUT2D eigenvalue weighted by Gasteiger charge is -2.58. The average molecular weight is 519 g/mol. The van der Waals surface area contributed by atoms with E-state index in [-0.39, 0.29) is 6.10 Å². The molecule has 3 N–H and O–H groups in total. The molecule has 0 bridgehead atoms. The summed E-state index contributed by atoms with van der Waals surface area (Å²) in [6.07, 6.45) is 18.1. The van der Waals surface area contributed by atoms with Gasteiger partial charge in [0.1, 0.15) is 0 Å². The highest BCUT2D eigenvalue weighted by atomic mass is 16.4. The maximum absolute atomic E-state index is 10.2. The first-order chi connectivity index (χ1) is 17.3. The van der Waals surface area contributed by atoms with Gasteiger partial charge in [-0.15, -0.1) is 0 Å². The van der Waals surface area contributed by atoms with Crippen molar-refractivity contribution in [2.45, 2.75) is 144 Å². The molecule has 9 atom stereocenters. The van der Waals surface area contributed by atoms with Crippen LogP contribution >= 0.6 is 0 Å². The molecule has 0 aromatic carbocycles. The van der Waals surface area contributed by atoms with E-state index in [2.05, 4.69) is 40.7 Å². The van der Waals surface area contributed by atoms with Crippen LogP contribution in [0.2, 0.25) is 0 Å². The molecule has 4 nitrogen and oxygen atoms in total. The Bertz CT molecular complexity index is 800. The summed E-state index contributed by atoms with van der Waals surface area (Å²) in [5.41, 5.74) is 1.07. The first-order valence-electron chi connectivity index (χ1n) is 15.6. The lowest BCUT2D eigenvalue weighted by Crippen LogP contribution is -2.50. The molecule has 0 heterocycles. The van der Waals surface area contributed by atoms with Crippen molar-refractivity contribution in [3.05, 3.63) is 11.6 Å². The molecule has 0 amide bonds. The van der Waals surface area contributed by atoms with Crippen LogP contribution in [0.1, 0.15) is 132 Å². The molecular formula is C33H58O4. The van der Waals surface area contributed by atoms with E-state index in [1.54, 1.807) is 5.57 Å². The van der Waals surface area contributed by atoms with Crippen molar-refractivity contribution in [3.8, 4) is 0 Å². The van der Waals surface area contributed by atoms with Crippen molar-refractivity contribution in [2.24, 2.45) is 46.3 Å². The largest absolute Gasteiger partial charge is 0.479 e. The SMILES string of the molecule is CC(C)CCC[C@@H](C)[C@H]1CC[C@H]2[C@@H]3CC=C4C[C@@H](O)CC[C@]4(C)[C@H]3CC[C@]12C.CCCC(C)(O)C(=O)O. The monoisotopic (exact) mass is 518 g/mol. The van der Waals surface area contributed by atoms with Crippen LogP contribution in [0.25, 0.3) is 0 Å². The zero-order valence-electron chi connectivity index (χ0n) is 25.1. The molecule has 214 valence electrons. The van der Waals surface area contributed by atoms with E-state index in [1.807, 2.05) is 6.92 Å². The van der Waals surface area contributed by atoms with Gasteiger partial charge < -0.3 is 15.3 Å². The molecule has 4 rings (SSSR count). The maximum Gasteiger partial charge on any atom is 0.335 e. The fourth-order valence-corrected chi connectivity index (χ4v) is 9.26. The molecule has 3 fully saturated rings. The van der Waals surface area contributed by atoms with E-state index >= 15 is 0 Å². The van der Waals surface area contributed by atoms with Gasteiger partial charge in [0.2, 0.25) is 0 Å². The van der Waals surface area contributed by atoms with Crippen LogP contribution in [0, 0.1) is 46.3 Å². The predicted octanol–water partition coefficient (Wildman–Crippen LogP) is 8.01. The number of aliphatic carboxylic acids is 1. The van der Waals surface area contributed by atoms with E-state index in [0.29, 0.717) is 23.7 Å². The van der Waals surface area contributed by atoms with Gasteiger partial charge in [0.05, 0.1) is 6.10 Å². The summed E-state index contributed by atoms with van der Waals surface area (Å²) in [7, 11) is 0. The molecule has 0 aromatic rings. The Labute approximate surface area is 227 Å². The van der Waals surface area contributed by atoms with Gasteiger partial charge in [-0.1, -0.05) is 78.9 Å². The van der Waals surface area contributed by atoms with Gasteiger partial charge in [0.15, 0.2) is 5.60 Å².